The summed E-state index contributed by atoms with van der Waals surface area (Å²) in [4.78, 5) is 21.5. The van der Waals surface area contributed by atoms with Gasteiger partial charge in [-0.2, -0.15) is 8.42 Å². The van der Waals surface area contributed by atoms with Gasteiger partial charge in [0.15, 0.2) is 0 Å². The van der Waals surface area contributed by atoms with Crippen LogP contribution in [-0.4, -0.2) is 32.7 Å². The van der Waals surface area contributed by atoms with Crippen LogP contribution in [0.15, 0.2) is 36.0 Å². The van der Waals surface area contributed by atoms with Gasteiger partial charge in [0.1, 0.15) is 11.7 Å². The minimum Gasteiger partial charge on any atom is -0.465 e. The second-order valence-electron chi connectivity index (χ2n) is 4.10. The van der Waals surface area contributed by atoms with Crippen LogP contribution < -0.4 is 0 Å². The quantitative estimate of drug-likeness (QED) is 0.252. The molecule has 1 rings (SSSR count). The predicted molar refractivity (Wildman–Crippen MR) is 77.2 cm³/mol. The van der Waals surface area contributed by atoms with Crippen molar-refractivity contribution < 1.29 is 27.1 Å². The van der Waals surface area contributed by atoms with E-state index >= 15 is 0 Å². The Balaban J connectivity index is 3.46. The van der Waals surface area contributed by atoms with Crippen molar-refractivity contribution in [3.05, 3.63) is 56.7 Å². The second kappa shape index (κ2) is 7.34. The van der Waals surface area contributed by atoms with Gasteiger partial charge in [0.05, 0.1) is 18.3 Å². The molecule has 1 aromatic rings. The molecule has 0 radical (unpaired) electrons. The standard InChI is InChI=1S/C12H12ClNO7S/c1-20-12(15)10(7-14(16)17)11(21-22(2,18)19)8-4-3-5-9(13)6-8/h3-7,11H,1-2H3/b10-7-. The van der Waals surface area contributed by atoms with E-state index in [9.17, 15) is 23.3 Å². The normalized spacial score (nSPS) is 13.5. The van der Waals surface area contributed by atoms with Crippen LogP contribution in [0.2, 0.25) is 5.02 Å². The minimum absolute atomic E-state index is 0.149. The Morgan fingerprint density at radius 2 is 2.09 bits per heavy atom. The van der Waals surface area contributed by atoms with E-state index in [0.29, 0.717) is 6.20 Å². The molecule has 0 aromatic heterocycles. The number of ether oxygens (including phenoxy) is 1. The summed E-state index contributed by atoms with van der Waals surface area (Å²) in [5.41, 5.74) is -0.434. The van der Waals surface area contributed by atoms with Crippen molar-refractivity contribution in [2.24, 2.45) is 0 Å². The predicted octanol–water partition coefficient (Wildman–Crippen LogP) is 1.69. The molecule has 0 aliphatic rings. The average Bonchev–Trinajstić information content (AvgIpc) is 2.40. The lowest BCUT2D eigenvalue weighted by Crippen LogP contribution is -2.20. The third-order valence-corrected chi connectivity index (χ3v) is 3.15. The Bertz CT molecular complexity index is 714. The second-order valence-corrected chi connectivity index (χ2v) is 6.13. The largest absolute Gasteiger partial charge is 0.465 e. The maximum Gasteiger partial charge on any atom is 0.343 e. The first-order chi connectivity index (χ1) is 10.1. The highest BCUT2D eigenvalue weighted by Crippen LogP contribution is 2.30. The van der Waals surface area contributed by atoms with Crippen molar-refractivity contribution in [1.29, 1.82) is 0 Å². The van der Waals surface area contributed by atoms with Gasteiger partial charge in [-0.05, 0) is 17.7 Å². The van der Waals surface area contributed by atoms with E-state index in [1.54, 1.807) is 0 Å². The molecular weight excluding hydrogens is 338 g/mol. The Kier molecular flexibility index (Phi) is 6.03. The number of benzene rings is 1. The Hall–Kier alpha value is -1.97. The fourth-order valence-corrected chi connectivity index (χ4v) is 2.35. The number of hydrogen-bond donors (Lipinski definition) is 0. The van der Waals surface area contributed by atoms with Crippen molar-refractivity contribution in [2.45, 2.75) is 6.10 Å². The van der Waals surface area contributed by atoms with E-state index in [1.165, 1.54) is 24.3 Å². The molecule has 0 aliphatic carbocycles. The Labute approximate surface area is 131 Å². The summed E-state index contributed by atoms with van der Waals surface area (Å²) in [6, 6.07) is 5.74. The van der Waals surface area contributed by atoms with E-state index in [-0.39, 0.29) is 10.6 Å². The monoisotopic (exact) mass is 349 g/mol. The van der Waals surface area contributed by atoms with Crippen molar-refractivity contribution in [3.8, 4) is 0 Å². The van der Waals surface area contributed by atoms with Gasteiger partial charge in [-0.3, -0.25) is 14.3 Å². The van der Waals surface area contributed by atoms with Crippen LogP contribution in [-0.2, 0) is 23.8 Å². The lowest BCUT2D eigenvalue weighted by molar-refractivity contribution is -0.403. The molecule has 120 valence electrons. The van der Waals surface area contributed by atoms with Crippen LogP contribution >= 0.6 is 11.6 Å². The molecule has 0 bridgehead atoms. The highest BCUT2D eigenvalue weighted by molar-refractivity contribution is 7.86. The molecule has 0 saturated carbocycles. The fraction of sp³-hybridized carbons (Fsp3) is 0.250. The zero-order valence-corrected chi connectivity index (χ0v) is 13.1. The zero-order chi connectivity index (χ0) is 16.9. The van der Waals surface area contributed by atoms with Crippen LogP contribution in [0.5, 0.6) is 0 Å². The topological polar surface area (TPSA) is 113 Å². The average molecular weight is 350 g/mol. The molecule has 10 heteroatoms. The first kappa shape index (κ1) is 18.1. The van der Waals surface area contributed by atoms with Crippen LogP contribution in [0.3, 0.4) is 0 Å². The number of rotatable bonds is 6. The molecule has 1 aromatic carbocycles. The van der Waals surface area contributed by atoms with Gasteiger partial charge < -0.3 is 4.74 Å². The summed E-state index contributed by atoms with van der Waals surface area (Å²) < 4.78 is 32.0. The number of methoxy groups -OCH3 is 1. The lowest BCUT2D eigenvalue weighted by atomic mass is 10.0. The Morgan fingerprint density at radius 1 is 1.45 bits per heavy atom. The molecule has 0 saturated heterocycles. The number of carbonyl (C=O) groups is 1. The van der Waals surface area contributed by atoms with E-state index in [4.69, 9.17) is 15.8 Å². The van der Waals surface area contributed by atoms with Crippen molar-refractivity contribution in [2.75, 3.05) is 13.4 Å². The summed E-state index contributed by atoms with van der Waals surface area (Å²) in [5.74, 6) is -1.09. The van der Waals surface area contributed by atoms with Crippen LogP contribution in [0.25, 0.3) is 0 Å². The molecule has 1 unspecified atom stereocenters. The maximum atomic E-state index is 11.7. The molecule has 1 atom stereocenters. The molecule has 0 fully saturated rings. The lowest BCUT2D eigenvalue weighted by Gasteiger charge is -2.17. The first-order valence-corrected chi connectivity index (χ1v) is 7.90. The maximum absolute atomic E-state index is 11.7. The summed E-state index contributed by atoms with van der Waals surface area (Å²) in [6.07, 6.45) is -0.458. The van der Waals surface area contributed by atoms with Gasteiger partial charge in [-0.25, -0.2) is 4.79 Å². The van der Waals surface area contributed by atoms with E-state index in [2.05, 4.69) is 4.74 Å². The first-order valence-electron chi connectivity index (χ1n) is 5.71. The molecule has 0 N–H and O–H groups in total. The number of nitrogens with zero attached hydrogens (tertiary/aromatic N) is 1. The highest BCUT2D eigenvalue weighted by Gasteiger charge is 2.31. The summed E-state index contributed by atoms with van der Waals surface area (Å²) in [6.45, 7) is 0. The van der Waals surface area contributed by atoms with Gasteiger partial charge in [0.2, 0.25) is 6.20 Å². The fourth-order valence-electron chi connectivity index (χ4n) is 1.59. The third-order valence-electron chi connectivity index (χ3n) is 2.37. The Morgan fingerprint density at radius 3 is 2.55 bits per heavy atom. The number of nitro groups is 1. The molecule has 0 aliphatic heterocycles. The van der Waals surface area contributed by atoms with Gasteiger partial charge in [0.25, 0.3) is 10.1 Å². The van der Waals surface area contributed by atoms with E-state index in [1.807, 2.05) is 0 Å². The summed E-state index contributed by atoms with van der Waals surface area (Å²) in [7, 11) is -3.02. The zero-order valence-electron chi connectivity index (χ0n) is 11.6. The molecule has 22 heavy (non-hydrogen) atoms. The summed E-state index contributed by atoms with van der Waals surface area (Å²) >= 11 is 5.81. The molecule has 0 heterocycles. The minimum atomic E-state index is -4.02. The SMILES string of the molecule is COC(=O)/C(=C\[N+](=O)[O-])C(OS(C)(=O)=O)c1cccc(Cl)c1. The van der Waals surface area contributed by atoms with Gasteiger partial charge in [-0.1, -0.05) is 23.7 Å². The van der Waals surface area contributed by atoms with E-state index < -0.39 is 32.7 Å². The van der Waals surface area contributed by atoms with Gasteiger partial charge >= 0.3 is 5.97 Å². The molecule has 8 nitrogen and oxygen atoms in total. The number of halogens is 1. The van der Waals surface area contributed by atoms with E-state index in [0.717, 1.165) is 13.4 Å². The van der Waals surface area contributed by atoms with Crippen LogP contribution in [0.1, 0.15) is 11.7 Å². The number of carbonyl (C=O) groups excluding carboxylic acids is 1. The summed E-state index contributed by atoms with van der Waals surface area (Å²) in [5, 5.41) is 10.9. The highest BCUT2D eigenvalue weighted by atomic mass is 35.5. The third kappa shape index (κ3) is 5.43. The van der Waals surface area contributed by atoms with Crippen molar-refractivity contribution in [1.82, 2.24) is 0 Å². The van der Waals surface area contributed by atoms with Crippen LogP contribution in [0.4, 0.5) is 0 Å². The smallest absolute Gasteiger partial charge is 0.343 e. The van der Waals surface area contributed by atoms with Gasteiger partial charge in [0, 0.05) is 5.02 Å². The van der Waals surface area contributed by atoms with Gasteiger partial charge in [-0.15, -0.1) is 0 Å². The molecule has 0 spiro atoms. The number of esters is 1. The van der Waals surface area contributed by atoms with Crippen molar-refractivity contribution in [3.63, 3.8) is 0 Å². The van der Waals surface area contributed by atoms with Crippen LogP contribution in [0, 0.1) is 10.1 Å². The van der Waals surface area contributed by atoms with Crippen molar-refractivity contribution >= 4 is 27.7 Å². The number of hydrogen-bond acceptors (Lipinski definition) is 7. The molecular formula is C12H12ClNO7S. The molecule has 0 amide bonds.